The minimum absolute atomic E-state index is 0.257. The number of hydrogen-bond acceptors (Lipinski definition) is 3. The normalized spacial score (nSPS) is 19.1. The summed E-state index contributed by atoms with van der Waals surface area (Å²) < 4.78 is 13.3. The van der Waals surface area contributed by atoms with Gasteiger partial charge in [-0.3, -0.25) is 14.8 Å². The highest BCUT2D eigenvalue weighted by Crippen LogP contribution is 2.50. The second-order valence-electron chi connectivity index (χ2n) is 6.75. The molecule has 130 valence electrons. The quantitative estimate of drug-likeness (QED) is 0.757. The van der Waals surface area contributed by atoms with E-state index in [0.29, 0.717) is 16.9 Å². The molecule has 5 rings (SSSR count). The summed E-state index contributed by atoms with van der Waals surface area (Å²) in [6.45, 7) is 0. The lowest BCUT2D eigenvalue weighted by molar-refractivity contribution is 0.0933. The predicted octanol–water partition coefficient (Wildman–Crippen LogP) is 3.74. The van der Waals surface area contributed by atoms with Gasteiger partial charge in [0.05, 0.1) is 5.69 Å². The lowest BCUT2D eigenvalue weighted by atomic mass is 10.0. The highest BCUT2D eigenvalue weighted by atomic mass is 19.1. The SMILES string of the molecule is O=C1c2ccccc2C(O)N1c1n[nH]c(-c2ccc(F)cc2)c1C1CC1. The molecule has 2 heterocycles. The van der Waals surface area contributed by atoms with Gasteiger partial charge < -0.3 is 5.11 Å². The van der Waals surface area contributed by atoms with Crippen molar-refractivity contribution in [1.82, 2.24) is 10.2 Å². The molecule has 3 aromatic rings. The van der Waals surface area contributed by atoms with Crippen molar-refractivity contribution >= 4 is 11.7 Å². The average molecular weight is 349 g/mol. The lowest BCUT2D eigenvalue weighted by Gasteiger charge is -2.20. The second kappa shape index (κ2) is 5.51. The smallest absolute Gasteiger partial charge is 0.262 e. The van der Waals surface area contributed by atoms with E-state index < -0.39 is 6.23 Å². The number of amides is 1. The Bertz CT molecular complexity index is 1010. The topological polar surface area (TPSA) is 69.2 Å². The number of carbonyl (C=O) groups is 1. The van der Waals surface area contributed by atoms with Gasteiger partial charge in [-0.05, 0) is 49.1 Å². The summed E-state index contributed by atoms with van der Waals surface area (Å²) in [6, 6.07) is 13.2. The van der Waals surface area contributed by atoms with Gasteiger partial charge in [0.25, 0.3) is 5.91 Å². The van der Waals surface area contributed by atoms with E-state index in [-0.39, 0.29) is 17.6 Å². The molecule has 1 unspecified atom stereocenters. The van der Waals surface area contributed by atoms with E-state index in [1.54, 1.807) is 36.4 Å². The number of H-pyrrole nitrogens is 1. The number of aromatic amines is 1. The van der Waals surface area contributed by atoms with Crippen LogP contribution in [0.15, 0.2) is 48.5 Å². The lowest BCUT2D eigenvalue weighted by Crippen LogP contribution is -2.28. The highest BCUT2D eigenvalue weighted by Gasteiger charge is 2.42. The van der Waals surface area contributed by atoms with Crippen LogP contribution in [0.5, 0.6) is 0 Å². The van der Waals surface area contributed by atoms with Gasteiger partial charge in [0.1, 0.15) is 5.82 Å². The van der Waals surface area contributed by atoms with Crippen molar-refractivity contribution in [2.45, 2.75) is 25.0 Å². The van der Waals surface area contributed by atoms with Gasteiger partial charge in [0.2, 0.25) is 0 Å². The van der Waals surface area contributed by atoms with Gasteiger partial charge in [-0.25, -0.2) is 4.39 Å². The molecular weight excluding hydrogens is 333 g/mol. The molecule has 1 aliphatic heterocycles. The summed E-state index contributed by atoms with van der Waals surface area (Å²) in [5.41, 5.74) is 3.58. The molecule has 1 fully saturated rings. The molecule has 1 amide bonds. The van der Waals surface area contributed by atoms with Crippen LogP contribution in [0.25, 0.3) is 11.3 Å². The zero-order valence-electron chi connectivity index (χ0n) is 13.8. The van der Waals surface area contributed by atoms with Gasteiger partial charge in [0.15, 0.2) is 12.0 Å². The molecule has 2 aliphatic rings. The molecule has 6 heteroatoms. The third-order valence-electron chi connectivity index (χ3n) is 5.06. The van der Waals surface area contributed by atoms with Crippen LogP contribution in [0.4, 0.5) is 10.2 Å². The van der Waals surface area contributed by atoms with Crippen LogP contribution in [0.2, 0.25) is 0 Å². The minimum atomic E-state index is -1.06. The molecule has 5 nitrogen and oxygen atoms in total. The number of aliphatic hydroxyl groups excluding tert-OH is 1. The molecule has 1 atom stereocenters. The van der Waals surface area contributed by atoms with Crippen molar-refractivity contribution in [3.8, 4) is 11.3 Å². The van der Waals surface area contributed by atoms with Crippen molar-refractivity contribution < 1.29 is 14.3 Å². The monoisotopic (exact) mass is 349 g/mol. The minimum Gasteiger partial charge on any atom is -0.369 e. The first-order valence-corrected chi connectivity index (χ1v) is 8.60. The van der Waals surface area contributed by atoms with Crippen LogP contribution in [0.3, 0.4) is 0 Å². The number of nitrogens with zero attached hydrogens (tertiary/aromatic N) is 2. The summed E-state index contributed by atoms with van der Waals surface area (Å²) in [4.78, 5) is 14.2. The van der Waals surface area contributed by atoms with Crippen molar-refractivity contribution in [3.05, 3.63) is 71.0 Å². The Morgan fingerprint density at radius 2 is 1.85 bits per heavy atom. The molecule has 2 aromatic carbocycles. The average Bonchev–Trinajstić information content (AvgIpc) is 3.36. The van der Waals surface area contributed by atoms with E-state index in [1.165, 1.54) is 17.0 Å². The summed E-state index contributed by atoms with van der Waals surface area (Å²) in [5.74, 6) is 0.183. The van der Waals surface area contributed by atoms with E-state index in [0.717, 1.165) is 29.7 Å². The third-order valence-corrected chi connectivity index (χ3v) is 5.06. The number of anilines is 1. The van der Waals surface area contributed by atoms with Gasteiger partial charge in [-0.2, -0.15) is 5.10 Å². The second-order valence-corrected chi connectivity index (χ2v) is 6.75. The van der Waals surface area contributed by atoms with Crippen LogP contribution in [0, 0.1) is 5.82 Å². The largest absolute Gasteiger partial charge is 0.369 e. The van der Waals surface area contributed by atoms with Gasteiger partial charge in [-0.1, -0.05) is 18.2 Å². The Hall–Kier alpha value is -2.99. The first-order valence-electron chi connectivity index (χ1n) is 8.60. The van der Waals surface area contributed by atoms with E-state index in [2.05, 4.69) is 10.2 Å². The third kappa shape index (κ3) is 2.19. The van der Waals surface area contributed by atoms with Gasteiger partial charge in [0, 0.05) is 22.3 Å². The van der Waals surface area contributed by atoms with Crippen molar-refractivity contribution in [1.29, 1.82) is 0 Å². The fourth-order valence-electron chi connectivity index (χ4n) is 3.63. The van der Waals surface area contributed by atoms with Crippen molar-refractivity contribution in [2.75, 3.05) is 4.90 Å². The predicted molar refractivity (Wildman–Crippen MR) is 94.2 cm³/mol. The molecule has 26 heavy (non-hydrogen) atoms. The maximum Gasteiger partial charge on any atom is 0.262 e. The fraction of sp³-hybridized carbons (Fsp3) is 0.200. The van der Waals surface area contributed by atoms with E-state index in [9.17, 15) is 14.3 Å². The number of carbonyl (C=O) groups excluding carboxylic acids is 1. The summed E-state index contributed by atoms with van der Waals surface area (Å²) in [5, 5.41) is 18.1. The maximum absolute atomic E-state index is 13.3. The number of fused-ring (bicyclic) bond motifs is 1. The molecule has 1 saturated carbocycles. The molecular formula is C20H16FN3O2. The van der Waals surface area contributed by atoms with Crippen molar-refractivity contribution in [2.24, 2.45) is 0 Å². The molecule has 0 bridgehead atoms. The molecule has 1 aliphatic carbocycles. The molecule has 2 N–H and O–H groups in total. The fourth-order valence-corrected chi connectivity index (χ4v) is 3.63. The zero-order valence-corrected chi connectivity index (χ0v) is 13.8. The van der Waals surface area contributed by atoms with Crippen molar-refractivity contribution in [3.63, 3.8) is 0 Å². The van der Waals surface area contributed by atoms with Crippen LogP contribution in [0.1, 0.15) is 46.5 Å². The van der Waals surface area contributed by atoms with Gasteiger partial charge >= 0.3 is 0 Å². The van der Waals surface area contributed by atoms with Crippen LogP contribution in [-0.2, 0) is 0 Å². The molecule has 0 spiro atoms. The first kappa shape index (κ1) is 15.3. The number of aliphatic hydroxyl groups is 1. The number of rotatable bonds is 3. The van der Waals surface area contributed by atoms with E-state index >= 15 is 0 Å². The maximum atomic E-state index is 13.3. The number of nitrogens with one attached hydrogen (secondary N) is 1. The molecule has 0 saturated heterocycles. The Labute approximate surface area is 149 Å². The molecule has 1 aromatic heterocycles. The Morgan fingerprint density at radius 3 is 2.54 bits per heavy atom. The van der Waals surface area contributed by atoms with Crippen LogP contribution < -0.4 is 4.90 Å². The Kier molecular flexibility index (Phi) is 3.24. The number of hydrogen-bond donors (Lipinski definition) is 2. The standard InChI is InChI=1S/C20H16FN3O2/c21-13-9-7-12(8-10-13)17-16(11-5-6-11)18(23-22-17)24-19(25)14-3-1-2-4-15(14)20(24)26/h1-4,7-11,19,25H,5-6H2,(H,22,23). The number of aromatic nitrogens is 2. The Morgan fingerprint density at radius 1 is 1.12 bits per heavy atom. The Balaban J connectivity index is 1.63. The molecule has 0 radical (unpaired) electrons. The summed E-state index contributed by atoms with van der Waals surface area (Å²) in [6.07, 6.45) is 0.956. The highest BCUT2D eigenvalue weighted by molar-refractivity contribution is 6.11. The summed E-state index contributed by atoms with van der Waals surface area (Å²) in [7, 11) is 0. The number of benzene rings is 2. The van der Waals surface area contributed by atoms with E-state index in [1.807, 2.05) is 0 Å². The first-order chi connectivity index (χ1) is 12.6. The van der Waals surface area contributed by atoms with Crippen LogP contribution in [-0.4, -0.2) is 21.2 Å². The summed E-state index contributed by atoms with van der Waals surface area (Å²) >= 11 is 0. The van der Waals surface area contributed by atoms with Crippen LogP contribution >= 0.6 is 0 Å². The zero-order chi connectivity index (χ0) is 17.8. The van der Waals surface area contributed by atoms with Gasteiger partial charge in [-0.15, -0.1) is 0 Å². The number of halogens is 1. The van der Waals surface area contributed by atoms with E-state index in [4.69, 9.17) is 0 Å².